The van der Waals surface area contributed by atoms with Gasteiger partial charge >= 0.3 is 5.97 Å². The van der Waals surface area contributed by atoms with Crippen molar-refractivity contribution in [3.05, 3.63) is 94.9 Å². The first-order valence-electron chi connectivity index (χ1n) is 12.1. The predicted octanol–water partition coefficient (Wildman–Crippen LogP) is 5.96. The number of aliphatic carboxylic acids is 1. The molecule has 0 aliphatic carbocycles. The van der Waals surface area contributed by atoms with E-state index >= 15 is 0 Å². The van der Waals surface area contributed by atoms with Gasteiger partial charge in [-0.15, -0.1) is 0 Å². The minimum Gasteiger partial charge on any atom is -0.481 e. The first-order valence-corrected chi connectivity index (χ1v) is 12.1. The van der Waals surface area contributed by atoms with Crippen LogP contribution in [0.5, 0.6) is 11.5 Å². The van der Waals surface area contributed by atoms with E-state index in [2.05, 4.69) is 10.1 Å². The van der Waals surface area contributed by atoms with Crippen molar-refractivity contribution in [1.29, 1.82) is 0 Å². The van der Waals surface area contributed by atoms with Crippen LogP contribution in [-0.4, -0.2) is 30.4 Å². The summed E-state index contributed by atoms with van der Waals surface area (Å²) < 4.78 is 39.1. The molecule has 7 nitrogen and oxygen atoms in total. The molecule has 5 rings (SSSR count). The van der Waals surface area contributed by atoms with E-state index in [1.54, 1.807) is 18.7 Å². The maximum atomic E-state index is 14.9. The Morgan fingerprint density at radius 2 is 1.82 bits per heavy atom. The molecule has 0 spiro atoms. The number of carboxylic acids is 1. The van der Waals surface area contributed by atoms with Crippen LogP contribution in [0.2, 0.25) is 0 Å². The Morgan fingerprint density at radius 1 is 1.03 bits per heavy atom. The molecule has 0 bridgehead atoms. The highest BCUT2D eigenvalue weighted by Gasteiger charge is 2.18. The SMILES string of the molecule is Cc1c(Oc2ccc(F)c(-c3nc(Cc4cccc(CCC(=O)O)c4)n(C)n3)c2)c(F)cc2c1ccn2C. The average Bonchev–Trinajstić information content (AvgIpc) is 3.43. The highest BCUT2D eigenvalue weighted by atomic mass is 19.1. The van der Waals surface area contributed by atoms with Gasteiger partial charge in [-0.05, 0) is 48.7 Å². The lowest BCUT2D eigenvalue weighted by Gasteiger charge is -2.12. The second-order valence-electron chi connectivity index (χ2n) is 9.28. The second kappa shape index (κ2) is 10.1. The van der Waals surface area contributed by atoms with Crippen LogP contribution in [0.1, 0.15) is 28.9 Å². The van der Waals surface area contributed by atoms with E-state index in [4.69, 9.17) is 9.84 Å². The van der Waals surface area contributed by atoms with Gasteiger partial charge in [-0.2, -0.15) is 5.10 Å². The number of fused-ring (bicyclic) bond motifs is 1. The van der Waals surface area contributed by atoms with E-state index in [9.17, 15) is 13.6 Å². The molecule has 0 atom stereocenters. The summed E-state index contributed by atoms with van der Waals surface area (Å²) >= 11 is 0. The molecule has 0 aliphatic rings. The van der Waals surface area contributed by atoms with Gasteiger partial charge in [-0.1, -0.05) is 24.3 Å². The summed E-state index contributed by atoms with van der Waals surface area (Å²) in [6, 6.07) is 15.1. The zero-order valence-electron chi connectivity index (χ0n) is 21.2. The quantitative estimate of drug-likeness (QED) is 0.275. The summed E-state index contributed by atoms with van der Waals surface area (Å²) in [6.45, 7) is 1.79. The highest BCUT2D eigenvalue weighted by molar-refractivity contribution is 5.86. The summed E-state index contributed by atoms with van der Waals surface area (Å²) in [7, 11) is 3.57. The molecule has 0 unspecified atom stereocenters. The molecule has 0 fully saturated rings. The van der Waals surface area contributed by atoms with Crippen LogP contribution in [0.4, 0.5) is 8.78 Å². The third kappa shape index (κ3) is 5.00. The number of halogens is 2. The molecule has 3 aromatic carbocycles. The van der Waals surface area contributed by atoms with Crippen LogP contribution in [0.3, 0.4) is 0 Å². The molecule has 2 heterocycles. The van der Waals surface area contributed by atoms with Crippen LogP contribution in [0.25, 0.3) is 22.3 Å². The molecule has 38 heavy (non-hydrogen) atoms. The number of ether oxygens (including phenoxy) is 1. The largest absolute Gasteiger partial charge is 0.481 e. The number of hydrogen-bond donors (Lipinski definition) is 1. The number of carbonyl (C=O) groups is 1. The molecule has 0 saturated carbocycles. The van der Waals surface area contributed by atoms with Crippen LogP contribution in [-0.2, 0) is 31.7 Å². The van der Waals surface area contributed by atoms with Gasteiger partial charge in [0.2, 0.25) is 0 Å². The van der Waals surface area contributed by atoms with Gasteiger partial charge in [0.05, 0.1) is 11.1 Å². The zero-order chi connectivity index (χ0) is 27.0. The molecule has 9 heteroatoms. The van der Waals surface area contributed by atoms with Crippen molar-refractivity contribution in [1.82, 2.24) is 19.3 Å². The normalized spacial score (nSPS) is 11.3. The molecule has 5 aromatic rings. The molecule has 194 valence electrons. The third-order valence-electron chi connectivity index (χ3n) is 6.58. The smallest absolute Gasteiger partial charge is 0.303 e. The van der Waals surface area contributed by atoms with E-state index in [0.717, 1.165) is 22.0 Å². The molecule has 2 aromatic heterocycles. The Hall–Kier alpha value is -4.53. The van der Waals surface area contributed by atoms with E-state index < -0.39 is 17.6 Å². The van der Waals surface area contributed by atoms with E-state index in [-0.39, 0.29) is 29.3 Å². The fourth-order valence-corrected chi connectivity index (χ4v) is 4.52. The van der Waals surface area contributed by atoms with Crippen molar-refractivity contribution in [2.24, 2.45) is 14.1 Å². The summed E-state index contributed by atoms with van der Waals surface area (Å²) in [6.07, 6.45) is 2.78. The Labute approximate surface area is 217 Å². The van der Waals surface area contributed by atoms with Gasteiger partial charge in [0.1, 0.15) is 17.4 Å². The van der Waals surface area contributed by atoms with Gasteiger partial charge in [-0.3, -0.25) is 9.48 Å². The lowest BCUT2D eigenvalue weighted by atomic mass is 10.0. The molecular weight excluding hydrogens is 490 g/mol. The van der Waals surface area contributed by atoms with Crippen molar-refractivity contribution < 1.29 is 23.4 Å². The summed E-state index contributed by atoms with van der Waals surface area (Å²) in [4.78, 5) is 15.4. The summed E-state index contributed by atoms with van der Waals surface area (Å²) in [5.74, 6) is -0.745. The second-order valence-corrected chi connectivity index (χ2v) is 9.28. The number of benzene rings is 3. The van der Waals surface area contributed by atoms with Crippen molar-refractivity contribution in [2.75, 3.05) is 0 Å². The van der Waals surface area contributed by atoms with Crippen molar-refractivity contribution in [2.45, 2.75) is 26.2 Å². The molecule has 0 saturated heterocycles. The number of nitrogens with zero attached hydrogens (tertiary/aromatic N) is 4. The van der Waals surface area contributed by atoms with Gasteiger partial charge in [0.25, 0.3) is 0 Å². The van der Waals surface area contributed by atoms with Gasteiger partial charge < -0.3 is 14.4 Å². The van der Waals surface area contributed by atoms with Gasteiger partial charge in [0, 0.05) is 50.1 Å². The number of rotatable bonds is 8. The van der Waals surface area contributed by atoms with E-state index in [1.807, 2.05) is 48.1 Å². The maximum absolute atomic E-state index is 14.9. The minimum atomic E-state index is -0.847. The molecule has 1 N–H and O–H groups in total. The van der Waals surface area contributed by atoms with Gasteiger partial charge in [-0.25, -0.2) is 13.8 Å². The lowest BCUT2D eigenvalue weighted by molar-refractivity contribution is -0.136. The van der Waals surface area contributed by atoms with E-state index in [0.29, 0.717) is 24.2 Å². The Morgan fingerprint density at radius 3 is 2.61 bits per heavy atom. The Bertz CT molecular complexity index is 1670. The van der Waals surface area contributed by atoms with Gasteiger partial charge in [0.15, 0.2) is 17.4 Å². The lowest BCUT2D eigenvalue weighted by Crippen LogP contribution is -2.02. The topological polar surface area (TPSA) is 82.2 Å². The van der Waals surface area contributed by atoms with Crippen molar-refractivity contribution in [3.8, 4) is 22.9 Å². The predicted molar refractivity (Wildman–Crippen MR) is 139 cm³/mol. The minimum absolute atomic E-state index is 0.0535. The van der Waals surface area contributed by atoms with Crippen molar-refractivity contribution >= 4 is 16.9 Å². The number of carboxylic acid groups (broad SMARTS) is 1. The molecule has 0 radical (unpaired) electrons. The first kappa shape index (κ1) is 25.1. The number of hydrogen-bond acceptors (Lipinski definition) is 4. The molecule has 0 amide bonds. The number of aryl methyl sites for hydroxylation is 4. The monoisotopic (exact) mass is 516 g/mol. The van der Waals surface area contributed by atoms with E-state index in [1.165, 1.54) is 24.3 Å². The zero-order valence-corrected chi connectivity index (χ0v) is 21.2. The molecular formula is C29H26F2N4O3. The first-order chi connectivity index (χ1) is 18.2. The maximum Gasteiger partial charge on any atom is 0.303 e. The Kier molecular flexibility index (Phi) is 6.67. The van der Waals surface area contributed by atoms with Crippen LogP contribution >= 0.6 is 0 Å². The molecule has 0 aliphatic heterocycles. The third-order valence-corrected chi connectivity index (χ3v) is 6.58. The number of aromatic nitrogens is 4. The highest BCUT2D eigenvalue weighted by Crippen LogP contribution is 2.35. The fraction of sp³-hybridized carbons (Fsp3) is 0.207. The standard InChI is InChI=1S/C29H26F2N4O3/c1-17-21-11-12-34(2)25(21)16-24(31)28(17)38-20-8-9-23(30)22(15-20)29-32-26(35(3)33-29)14-19-6-4-5-18(13-19)7-10-27(36)37/h4-6,8-9,11-13,15-16H,7,10,14H2,1-3H3,(H,36,37). The fourth-order valence-electron chi connectivity index (χ4n) is 4.52. The average molecular weight is 517 g/mol. The van der Waals surface area contributed by atoms with Crippen LogP contribution in [0, 0.1) is 18.6 Å². The summed E-state index contributed by atoms with van der Waals surface area (Å²) in [5.41, 5.74) is 3.40. The summed E-state index contributed by atoms with van der Waals surface area (Å²) in [5, 5.41) is 14.2. The Balaban J connectivity index is 1.41. The van der Waals surface area contributed by atoms with Crippen molar-refractivity contribution in [3.63, 3.8) is 0 Å². The van der Waals surface area contributed by atoms with Crippen LogP contribution < -0.4 is 4.74 Å². The van der Waals surface area contributed by atoms with Crippen LogP contribution in [0.15, 0.2) is 60.8 Å².